The Morgan fingerprint density at radius 3 is 2.10 bits per heavy atom. The number of benzene rings is 1. The lowest BCUT2D eigenvalue weighted by Gasteiger charge is -2.22. The molecule has 0 aromatic heterocycles. The number of carbonyl (C=O) groups excluding carboxylic acids is 2. The number of aryl methyl sites for hydroxylation is 2. The average molecular weight is 276 g/mol. The molecule has 2 N–H and O–H groups in total. The van der Waals surface area contributed by atoms with Crippen LogP contribution in [0, 0.1) is 19.3 Å². The lowest BCUT2D eigenvalue weighted by atomic mass is 9.90. The average Bonchev–Trinajstić information content (AvgIpc) is 2.34. The Kier molecular flexibility index (Phi) is 5.31. The fourth-order valence-corrected chi connectivity index (χ4v) is 1.90. The van der Waals surface area contributed by atoms with Crippen molar-refractivity contribution >= 4 is 17.5 Å². The molecule has 110 valence electrons. The van der Waals surface area contributed by atoms with Gasteiger partial charge in [-0.05, 0) is 57.4 Å². The molecule has 2 amide bonds. The van der Waals surface area contributed by atoms with Gasteiger partial charge in [0.2, 0.25) is 11.8 Å². The quantitative estimate of drug-likeness (QED) is 0.812. The van der Waals surface area contributed by atoms with Crippen molar-refractivity contribution in [3.8, 4) is 0 Å². The van der Waals surface area contributed by atoms with Crippen molar-refractivity contribution in [1.29, 1.82) is 0 Å². The molecule has 0 atom stereocenters. The van der Waals surface area contributed by atoms with Crippen LogP contribution in [0.4, 0.5) is 5.69 Å². The Morgan fingerprint density at radius 1 is 1.05 bits per heavy atom. The van der Waals surface area contributed by atoms with Crippen molar-refractivity contribution in [3.05, 3.63) is 29.3 Å². The molecule has 0 fully saturated rings. The van der Waals surface area contributed by atoms with E-state index >= 15 is 0 Å². The molecule has 1 aromatic rings. The van der Waals surface area contributed by atoms with Gasteiger partial charge in [0.05, 0.1) is 0 Å². The highest BCUT2D eigenvalue weighted by Crippen LogP contribution is 2.20. The molecule has 0 aliphatic heterocycles. The monoisotopic (exact) mass is 276 g/mol. The summed E-state index contributed by atoms with van der Waals surface area (Å²) >= 11 is 0. The van der Waals surface area contributed by atoms with Crippen molar-refractivity contribution in [2.24, 2.45) is 5.41 Å². The van der Waals surface area contributed by atoms with E-state index in [2.05, 4.69) is 10.6 Å². The first-order valence-corrected chi connectivity index (χ1v) is 6.95. The smallest absolute Gasteiger partial charge is 0.239 e. The largest absolute Gasteiger partial charge is 0.355 e. The standard InChI is InChI=1S/C16H24N2O2/c1-6-7-17-14(19)16(4,5)15(20)18-13-9-11(2)8-12(3)10-13/h8-10H,6-7H2,1-5H3,(H,17,19)(H,18,20). The molecule has 0 spiro atoms. The maximum Gasteiger partial charge on any atom is 0.239 e. The minimum atomic E-state index is -1.09. The van der Waals surface area contributed by atoms with Crippen LogP contribution in [0.3, 0.4) is 0 Å². The summed E-state index contributed by atoms with van der Waals surface area (Å²) in [6.07, 6.45) is 0.848. The summed E-state index contributed by atoms with van der Waals surface area (Å²) in [5.41, 5.74) is 1.79. The summed E-state index contributed by atoms with van der Waals surface area (Å²) in [6, 6.07) is 5.82. The van der Waals surface area contributed by atoms with Gasteiger partial charge in [0, 0.05) is 12.2 Å². The second-order valence-electron chi connectivity index (χ2n) is 5.71. The molecule has 0 aliphatic rings. The lowest BCUT2D eigenvalue weighted by Crippen LogP contribution is -2.45. The highest BCUT2D eigenvalue weighted by molar-refractivity contribution is 6.09. The van der Waals surface area contributed by atoms with Crippen LogP contribution in [-0.2, 0) is 9.59 Å². The summed E-state index contributed by atoms with van der Waals surface area (Å²) in [5.74, 6) is -0.544. The van der Waals surface area contributed by atoms with E-state index in [0.717, 1.165) is 23.2 Å². The van der Waals surface area contributed by atoms with Crippen LogP contribution < -0.4 is 10.6 Å². The van der Waals surface area contributed by atoms with Gasteiger partial charge >= 0.3 is 0 Å². The fourth-order valence-electron chi connectivity index (χ4n) is 1.90. The van der Waals surface area contributed by atoms with Crippen LogP contribution in [0.2, 0.25) is 0 Å². The Morgan fingerprint density at radius 2 is 1.60 bits per heavy atom. The van der Waals surface area contributed by atoms with Crippen LogP contribution in [0.1, 0.15) is 38.3 Å². The normalized spacial score (nSPS) is 11.1. The van der Waals surface area contributed by atoms with Crippen LogP contribution in [-0.4, -0.2) is 18.4 Å². The van der Waals surface area contributed by atoms with Crippen LogP contribution in [0.5, 0.6) is 0 Å². The number of rotatable bonds is 5. The maximum atomic E-state index is 12.3. The molecular weight excluding hydrogens is 252 g/mol. The Balaban J connectivity index is 2.80. The third-order valence-electron chi connectivity index (χ3n) is 3.15. The lowest BCUT2D eigenvalue weighted by molar-refractivity contribution is -0.138. The molecule has 20 heavy (non-hydrogen) atoms. The number of anilines is 1. The number of amides is 2. The minimum absolute atomic E-state index is 0.249. The Bertz CT molecular complexity index is 487. The summed E-state index contributed by atoms with van der Waals surface area (Å²) in [6.45, 7) is 9.78. The molecule has 1 aromatic carbocycles. The molecule has 0 saturated carbocycles. The van der Waals surface area contributed by atoms with E-state index in [1.807, 2.05) is 39.0 Å². The second-order valence-corrected chi connectivity index (χ2v) is 5.71. The summed E-state index contributed by atoms with van der Waals surface area (Å²) in [4.78, 5) is 24.3. The number of nitrogens with one attached hydrogen (secondary N) is 2. The third-order valence-corrected chi connectivity index (χ3v) is 3.15. The van der Waals surface area contributed by atoms with Crippen molar-refractivity contribution in [1.82, 2.24) is 5.32 Å². The van der Waals surface area contributed by atoms with E-state index in [9.17, 15) is 9.59 Å². The third kappa shape index (κ3) is 4.08. The minimum Gasteiger partial charge on any atom is -0.355 e. The van der Waals surface area contributed by atoms with Gasteiger partial charge in [-0.15, -0.1) is 0 Å². The van der Waals surface area contributed by atoms with E-state index in [1.165, 1.54) is 0 Å². The van der Waals surface area contributed by atoms with E-state index in [-0.39, 0.29) is 11.8 Å². The molecule has 0 bridgehead atoms. The molecule has 0 heterocycles. The molecule has 0 unspecified atom stereocenters. The first kappa shape index (κ1) is 16.2. The Hall–Kier alpha value is -1.84. The maximum absolute atomic E-state index is 12.3. The van der Waals surface area contributed by atoms with Gasteiger partial charge in [0.1, 0.15) is 5.41 Å². The SMILES string of the molecule is CCCNC(=O)C(C)(C)C(=O)Nc1cc(C)cc(C)c1. The highest BCUT2D eigenvalue weighted by atomic mass is 16.2. The molecular formula is C16H24N2O2. The van der Waals surface area contributed by atoms with Gasteiger partial charge in [-0.3, -0.25) is 9.59 Å². The molecule has 4 heteroatoms. The molecule has 4 nitrogen and oxygen atoms in total. The molecule has 0 radical (unpaired) electrons. The summed E-state index contributed by atoms with van der Waals surface area (Å²) < 4.78 is 0. The summed E-state index contributed by atoms with van der Waals surface area (Å²) in [7, 11) is 0. The van der Waals surface area contributed by atoms with Crippen molar-refractivity contribution in [3.63, 3.8) is 0 Å². The van der Waals surface area contributed by atoms with Gasteiger partial charge in [-0.2, -0.15) is 0 Å². The van der Waals surface area contributed by atoms with E-state index < -0.39 is 5.41 Å². The second kappa shape index (κ2) is 6.55. The zero-order valence-corrected chi connectivity index (χ0v) is 13.0. The number of hydrogen-bond donors (Lipinski definition) is 2. The fraction of sp³-hybridized carbons (Fsp3) is 0.500. The van der Waals surface area contributed by atoms with Gasteiger partial charge < -0.3 is 10.6 Å². The molecule has 0 aliphatic carbocycles. The van der Waals surface area contributed by atoms with E-state index in [0.29, 0.717) is 6.54 Å². The Labute approximate surface area is 121 Å². The van der Waals surface area contributed by atoms with Crippen molar-refractivity contribution in [2.75, 3.05) is 11.9 Å². The first-order valence-electron chi connectivity index (χ1n) is 6.95. The molecule has 1 rings (SSSR count). The van der Waals surface area contributed by atoms with E-state index in [1.54, 1.807) is 13.8 Å². The first-order chi connectivity index (χ1) is 9.27. The predicted octanol–water partition coefficient (Wildman–Crippen LogP) is 2.79. The molecule has 0 saturated heterocycles. The van der Waals surface area contributed by atoms with Crippen molar-refractivity contribution in [2.45, 2.75) is 41.0 Å². The highest BCUT2D eigenvalue weighted by Gasteiger charge is 2.35. The van der Waals surface area contributed by atoms with Gasteiger partial charge in [-0.1, -0.05) is 13.0 Å². The topological polar surface area (TPSA) is 58.2 Å². The van der Waals surface area contributed by atoms with Crippen molar-refractivity contribution < 1.29 is 9.59 Å². The van der Waals surface area contributed by atoms with Crippen LogP contribution in [0.15, 0.2) is 18.2 Å². The summed E-state index contributed by atoms with van der Waals surface area (Å²) in [5, 5.41) is 5.58. The van der Waals surface area contributed by atoms with Gasteiger partial charge in [0.15, 0.2) is 0 Å². The van der Waals surface area contributed by atoms with Crippen LogP contribution in [0.25, 0.3) is 0 Å². The zero-order valence-electron chi connectivity index (χ0n) is 13.0. The number of hydrogen-bond acceptors (Lipinski definition) is 2. The zero-order chi connectivity index (χ0) is 15.3. The van der Waals surface area contributed by atoms with Gasteiger partial charge in [-0.25, -0.2) is 0 Å². The van der Waals surface area contributed by atoms with E-state index in [4.69, 9.17) is 0 Å². The van der Waals surface area contributed by atoms with Gasteiger partial charge in [0.25, 0.3) is 0 Å². The number of carbonyl (C=O) groups is 2. The van der Waals surface area contributed by atoms with Crippen LogP contribution >= 0.6 is 0 Å². The predicted molar refractivity (Wildman–Crippen MR) is 81.6 cm³/mol.